The Balaban J connectivity index is 2.02. The van der Waals surface area contributed by atoms with Crippen LogP contribution in [0.15, 0.2) is 30.3 Å². The van der Waals surface area contributed by atoms with Crippen molar-refractivity contribution in [3.8, 4) is 5.69 Å². The predicted octanol–water partition coefficient (Wildman–Crippen LogP) is 4.25. The number of hydrogen-bond acceptors (Lipinski definition) is 5. The molecular formula is C21H22F4N6O. The Bertz CT molecular complexity index is 1120. The third-order valence-corrected chi connectivity index (χ3v) is 4.30. The summed E-state index contributed by atoms with van der Waals surface area (Å²) in [6.45, 7) is 7.19. The molecule has 2 heterocycles. The van der Waals surface area contributed by atoms with E-state index in [4.69, 9.17) is 0 Å². The van der Waals surface area contributed by atoms with Gasteiger partial charge in [-0.1, -0.05) is 6.07 Å². The minimum absolute atomic E-state index is 0.0962. The van der Waals surface area contributed by atoms with Crippen molar-refractivity contribution in [3.05, 3.63) is 58.9 Å². The summed E-state index contributed by atoms with van der Waals surface area (Å²) in [6.07, 6.45) is -4.99. The predicted molar refractivity (Wildman–Crippen MR) is 110 cm³/mol. The lowest BCUT2D eigenvalue weighted by Crippen LogP contribution is -2.32. The van der Waals surface area contributed by atoms with Gasteiger partial charge in [0.1, 0.15) is 5.82 Å². The molecule has 32 heavy (non-hydrogen) atoms. The van der Waals surface area contributed by atoms with Gasteiger partial charge in [-0.15, -0.1) is 5.10 Å². The van der Waals surface area contributed by atoms with Gasteiger partial charge >= 0.3 is 6.18 Å². The maximum absolute atomic E-state index is 14.4. The maximum Gasteiger partial charge on any atom is 0.419 e. The normalized spacial score (nSPS) is 11.7. The van der Waals surface area contributed by atoms with E-state index in [9.17, 15) is 22.4 Å². The van der Waals surface area contributed by atoms with Crippen molar-refractivity contribution in [2.24, 2.45) is 0 Å². The summed E-state index contributed by atoms with van der Waals surface area (Å²) in [5.74, 6) is -1.70. The number of halogens is 4. The standard InChI is InChI=1S/C21H22F4N6O/c1-11(2)26-18(32)10-17-29-20(30-31(17)14-8-12(3)27-13(4)9-14)28-16-7-5-6-15(19(16)22)21(23,24)25/h5-9,11H,10H2,1-4H3,(H,26,32)(H,28,30). The average molecular weight is 450 g/mol. The second-order valence-corrected chi connectivity index (χ2v) is 7.56. The summed E-state index contributed by atoms with van der Waals surface area (Å²) >= 11 is 0. The Morgan fingerprint density at radius 2 is 1.78 bits per heavy atom. The number of alkyl halides is 3. The number of nitrogens with zero attached hydrogens (tertiary/aromatic N) is 4. The van der Waals surface area contributed by atoms with Gasteiger partial charge in [0.05, 0.1) is 23.4 Å². The van der Waals surface area contributed by atoms with E-state index in [1.165, 1.54) is 4.68 Å². The van der Waals surface area contributed by atoms with Gasteiger partial charge in [0.25, 0.3) is 0 Å². The average Bonchev–Trinajstić information content (AvgIpc) is 3.03. The van der Waals surface area contributed by atoms with E-state index in [2.05, 4.69) is 25.7 Å². The Morgan fingerprint density at radius 3 is 2.38 bits per heavy atom. The molecule has 0 spiro atoms. The molecule has 0 radical (unpaired) electrons. The van der Waals surface area contributed by atoms with Gasteiger partial charge in [0.2, 0.25) is 11.9 Å². The van der Waals surface area contributed by atoms with Gasteiger partial charge in [-0.05, 0) is 52.0 Å². The zero-order valence-corrected chi connectivity index (χ0v) is 17.9. The highest BCUT2D eigenvalue weighted by Crippen LogP contribution is 2.34. The molecule has 0 saturated heterocycles. The molecule has 3 aromatic rings. The largest absolute Gasteiger partial charge is 0.419 e. The zero-order valence-electron chi connectivity index (χ0n) is 17.9. The highest BCUT2D eigenvalue weighted by molar-refractivity contribution is 5.78. The van der Waals surface area contributed by atoms with Crippen LogP contribution in [0.2, 0.25) is 0 Å². The first-order chi connectivity index (χ1) is 14.9. The zero-order chi connectivity index (χ0) is 23.6. The van der Waals surface area contributed by atoms with Gasteiger partial charge in [-0.25, -0.2) is 9.07 Å². The fraction of sp³-hybridized carbons (Fsp3) is 0.333. The molecule has 0 saturated carbocycles. The van der Waals surface area contributed by atoms with Crippen LogP contribution in [0.3, 0.4) is 0 Å². The lowest BCUT2D eigenvalue weighted by molar-refractivity contribution is -0.139. The molecule has 170 valence electrons. The molecule has 2 aromatic heterocycles. The minimum Gasteiger partial charge on any atom is -0.354 e. The van der Waals surface area contributed by atoms with Crippen LogP contribution in [0.1, 0.15) is 36.6 Å². The van der Waals surface area contributed by atoms with E-state index in [-0.39, 0.29) is 30.1 Å². The number of aryl methyl sites for hydroxylation is 2. The molecule has 0 aliphatic heterocycles. The molecule has 0 bridgehead atoms. The SMILES string of the molecule is Cc1cc(-n2nc(Nc3cccc(C(F)(F)F)c3F)nc2CC(=O)NC(C)C)cc(C)n1. The van der Waals surface area contributed by atoms with Crippen molar-refractivity contribution >= 4 is 17.5 Å². The number of carbonyl (C=O) groups excluding carboxylic acids is 1. The van der Waals surface area contributed by atoms with Crippen LogP contribution < -0.4 is 10.6 Å². The van der Waals surface area contributed by atoms with Crippen LogP contribution in [-0.2, 0) is 17.4 Å². The van der Waals surface area contributed by atoms with Crippen LogP contribution >= 0.6 is 0 Å². The summed E-state index contributed by atoms with van der Waals surface area (Å²) in [6, 6.07) is 6.23. The number of hydrogen-bond donors (Lipinski definition) is 2. The molecule has 7 nitrogen and oxygen atoms in total. The Kier molecular flexibility index (Phi) is 6.47. The first-order valence-corrected chi connectivity index (χ1v) is 9.77. The van der Waals surface area contributed by atoms with E-state index in [1.807, 2.05) is 13.8 Å². The number of amides is 1. The molecule has 3 rings (SSSR count). The third kappa shape index (κ3) is 5.40. The van der Waals surface area contributed by atoms with E-state index >= 15 is 0 Å². The van der Waals surface area contributed by atoms with Crippen LogP contribution in [-0.4, -0.2) is 31.7 Å². The van der Waals surface area contributed by atoms with Crippen LogP contribution in [0.4, 0.5) is 29.2 Å². The van der Waals surface area contributed by atoms with Gasteiger partial charge in [0, 0.05) is 17.4 Å². The van der Waals surface area contributed by atoms with Crippen LogP contribution in [0.5, 0.6) is 0 Å². The number of aromatic nitrogens is 4. The minimum atomic E-state index is -4.85. The monoisotopic (exact) mass is 450 g/mol. The van der Waals surface area contributed by atoms with Crippen LogP contribution in [0.25, 0.3) is 5.69 Å². The molecule has 0 aliphatic carbocycles. The van der Waals surface area contributed by atoms with Gasteiger partial charge in [0.15, 0.2) is 5.82 Å². The maximum atomic E-state index is 14.4. The first kappa shape index (κ1) is 23.2. The quantitative estimate of drug-likeness (QED) is 0.549. The molecule has 2 N–H and O–H groups in total. The summed E-state index contributed by atoms with van der Waals surface area (Å²) in [7, 11) is 0. The fourth-order valence-electron chi connectivity index (χ4n) is 3.14. The van der Waals surface area contributed by atoms with Gasteiger partial charge in [-0.2, -0.15) is 18.2 Å². The Labute approximate surface area is 181 Å². The topological polar surface area (TPSA) is 84.7 Å². The number of benzene rings is 1. The summed E-state index contributed by atoms with van der Waals surface area (Å²) < 4.78 is 54.9. The van der Waals surface area contributed by atoms with Crippen molar-refractivity contribution in [1.82, 2.24) is 25.1 Å². The first-order valence-electron chi connectivity index (χ1n) is 9.77. The number of nitrogens with one attached hydrogen (secondary N) is 2. The molecule has 11 heteroatoms. The molecule has 0 aliphatic rings. The number of pyridine rings is 1. The number of anilines is 2. The third-order valence-electron chi connectivity index (χ3n) is 4.30. The molecule has 0 fully saturated rings. The molecule has 1 amide bonds. The Morgan fingerprint density at radius 1 is 1.12 bits per heavy atom. The number of rotatable bonds is 6. The van der Waals surface area contributed by atoms with Crippen molar-refractivity contribution in [2.45, 2.75) is 46.3 Å². The summed E-state index contributed by atoms with van der Waals surface area (Å²) in [5.41, 5.74) is 0.126. The van der Waals surface area contributed by atoms with Crippen molar-refractivity contribution < 1.29 is 22.4 Å². The highest BCUT2D eigenvalue weighted by Gasteiger charge is 2.35. The fourth-order valence-corrected chi connectivity index (χ4v) is 3.14. The Hall–Kier alpha value is -3.50. The van der Waals surface area contributed by atoms with E-state index in [1.54, 1.807) is 26.0 Å². The van der Waals surface area contributed by atoms with E-state index < -0.39 is 23.2 Å². The van der Waals surface area contributed by atoms with Gasteiger partial charge in [-0.3, -0.25) is 9.78 Å². The summed E-state index contributed by atoms with van der Waals surface area (Å²) in [5, 5.41) is 9.50. The number of carbonyl (C=O) groups is 1. The molecule has 0 atom stereocenters. The van der Waals surface area contributed by atoms with Crippen molar-refractivity contribution in [2.75, 3.05) is 5.32 Å². The molecule has 1 aromatic carbocycles. The lowest BCUT2D eigenvalue weighted by atomic mass is 10.2. The van der Waals surface area contributed by atoms with E-state index in [0.29, 0.717) is 23.1 Å². The second kappa shape index (κ2) is 8.93. The lowest BCUT2D eigenvalue weighted by Gasteiger charge is -2.11. The van der Waals surface area contributed by atoms with Gasteiger partial charge < -0.3 is 10.6 Å². The van der Waals surface area contributed by atoms with Crippen LogP contribution in [0, 0.1) is 19.7 Å². The molecular weight excluding hydrogens is 428 g/mol. The highest BCUT2D eigenvalue weighted by atomic mass is 19.4. The van der Waals surface area contributed by atoms with Crippen molar-refractivity contribution in [1.29, 1.82) is 0 Å². The second-order valence-electron chi connectivity index (χ2n) is 7.56. The van der Waals surface area contributed by atoms with E-state index in [0.717, 1.165) is 12.1 Å². The summed E-state index contributed by atoms with van der Waals surface area (Å²) in [4.78, 5) is 20.8. The smallest absolute Gasteiger partial charge is 0.354 e. The van der Waals surface area contributed by atoms with Crippen molar-refractivity contribution in [3.63, 3.8) is 0 Å². The molecule has 0 unspecified atom stereocenters.